The molecule has 1 atom stereocenters. The Morgan fingerprint density at radius 1 is 1.14 bits per heavy atom. The lowest BCUT2D eigenvalue weighted by Crippen LogP contribution is -2.33. The fourth-order valence-electron chi connectivity index (χ4n) is 1.82. The third kappa shape index (κ3) is 6.02. The molecule has 0 heterocycles. The van der Waals surface area contributed by atoms with Gasteiger partial charge in [0, 0.05) is 27.2 Å². The van der Waals surface area contributed by atoms with E-state index in [1.54, 1.807) is 0 Å². The normalized spacial score (nSPS) is 15.6. The molecule has 0 aliphatic carbocycles. The molecular formula is C11H23ClOS. The first kappa shape index (κ1) is 14.4. The topological polar surface area (TPSA) is 17.1 Å². The van der Waals surface area contributed by atoms with Crippen molar-refractivity contribution in [1.82, 2.24) is 0 Å². The average Bonchev–Trinajstić information content (AvgIpc) is 1.95. The number of rotatable bonds is 5. The molecule has 3 heteroatoms. The Labute approximate surface area is 96.1 Å². The number of hydrogen-bond acceptors (Lipinski definition) is 1. The van der Waals surface area contributed by atoms with Gasteiger partial charge >= 0.3 is 0 Å². The van der Waals surface area contributed by atoms with E-state index in [-0.39, 0.29) is 10.2 Å². The van der Waals surface area contributed by atoms with Crippen LogP contribution in [0.2, 0.25) is 0 Å². The zero-order valence-corrected chi connectivity index (χ0v) is 11.6. The molecule has 0 fully saturated rings. The lowest BCUT2D eigenvalue weighted by Gasteiger charge is -2.31. The largest absolute Gasteiger partial charge is 0.259 e. The first-order valence-corrected chi connectivity index (χ1v) is 6.99. The second kappa shape index (κ2) is 5.50. The molecule has 14 heavy (non-hydrogen) atoms. The summed E-state index contributed by atoms with van der Waals surface area (Å²) in [6.45, 7) is 10.7. The first-order chi connectivity index (χ1) is 6.19. The standard InChI is InChI=1S/C11H23ClOS/c1-10(2,3)9-11(4,5)14(13)8-6-7-12/h6-9H2,1-5H3. The average molecular weight is 239 g/mol. The van der Waals surface area contributed by atoms with Gasteiger partial charge in [-0.25, -0.2) is 0 Å². The predicted octanol–water partition coefficient (Wildman–Crippen LogP) is 3.58. The summed E-state index contributed by atoms with van der Waals surface area (Å²) in [4.78, 5) is 0. The maximum Gasteiger partial charge on any atom is 0.0408 e. The lowest BCUT2D eigenvalue weighted by molar-refractivity contribution is 0.335. The molecule has 0 radical (unpaired) electrons. The number of alkyl halides is 1. The smallest absolute Gasteiger partial charge is 0.0408 e. The van der Waals surface area contributed by atoms with E-state index in [1.165, 1.54) is 0 Å². The van der Waals surface area contributed by atoms with Crippen LogP contribution in [0.3, 0.4) is 0 Å². The number of hydrogen-bond donors (Lipinski definition) is 0. The second-order valence-electron chi connectivity index (χ2n) is 5.59. The van der Waals surface area contributed by atoms with E-state index in [0.29, 0.717) is 5.88 Å². The van der Waals surface area contributed by atoms with Gasteiger partial charge in [-0.1, -0.05) is 20.8 Å². The summed E-state index contributed by atoms with van der Waals surface area (Å²) in [7, 11) is -0.761. The van der Waals surface area contributed by atoms with E-state index in [1.807, 2.05) is 0 Å². The van der Waals surface area contributed by atoms with Crippen molar-refractivity contribution in [3.63, 3.8) is 0 Å². The molecule has 0 saturated heterocycles. The van der Waals surface area contributed by atoms with Crippen molar-refractivity contribution in [1.29, 1.82) is 0 Å². The zero-order valence-electron chi connectivity index (χ0n) is 10.0. The van der Waals surface area contributed by atoms with Gasteiger partial charge in [0.05, 0.1) is 0 Å². The van der Waals surface area contributed by atoms with Gasteiger partial charge in [0.1, 0.15) is 0 Å². The molecule has 1 nitrogen and oxygen atoms in total. The maximum absolute atomic E-state index is 12.0. The molecule has 0 saturated carbocycles. The van der Waals surface area contributed by atoms with Crippen LogP contribution in [0.15, 0.2) is 0 Å². The Morgan fingerprint density at radius 2 is 1.64 bits per heavy atom. The van der Waals surface area contributed by atoms with E-state index in [0.717, 1.165) is 18.6 Å². The molecule has 0 rings (SSSR count). The van der Waals surface area contributed by atoms with Crippen LogP contribution >= 0.6 is 11.6 Å². The highest BCUT2D eigenvalue weighted by molar-refractivity contribution is 7.86. The van der Waals surface area contributed by atoms with Gasteiger partial charge in [-0.2, -0.15) is 0 Å². The first-order valence-electron chi connectivity index (χ1n) is 5.13. The van der Waals surface area contributed by atoms with Gasteiger partial charge in [-0.05, 0) is 32.1 Å². The van der Waals surface area contributed by atoms with Crippen LogP contribution in [0.4, 0.5) is 0 Å². The third-order valence-corrected chi connectivity index (χ3v) is 4.34. The molecular weight excluding hydrogens is 216 g/mol. The van der Waals surface area contributed by atoms with E-state index in [2.05, 4.69) is 34.6 Å². The van der Waals surface area contributed by atoms with Gasteiger partial charge in [0.25, 0.3) is 0 Å². The van der Waals surface area contributed by atoms with Crippen LogP contribution in [-0.4, -0.2) is 20.6 Å². The van der Waals surface area contributed by atoms with E-state index >= 15 is 0 Å². The lowest BCUT2D eigenvalue weighted by atomic mass is 9.86. The van der Waals surface area contributed by atoms with Gasteiger partial charge < -0.3 is 0 Å². The van der Waals surface area contributed by atoms with Gasteiger partial charge in [0.15, 0.2) is 0 Å². The second-order valence-corrected chi connectivity index (χ2v) is 8.17. The van der Waals surface area contributed by atoms with Crippen LogP contribution in [-0.2, 0) is 10.8 Å². The molecule has 86 valence electrons. The highest BCUT2D eigenvalue weighted by Crippen LogP contribution is 2.31. The fraction of sp³-hybridized carbons (Fsp3) is 1.00. The Morgan fingerprint density at radius 3 is 2.00 bits per heavy atom. The highest BCUT2D eigenvalue weighted by atomic mass is 35.5. The van der Waals surface area contributed by atoms with E-state index < -0.39 is 10.8 Å². The Kier molecular flexibility index (Phi) is 5.68. The van der Waals surface area contributed by atoms with E-state index in [4.69, 9.17) is 11.6 Å². The van der Waals surface area contributed by atoms with Gasteiger partial charge in [-0.15, -0.1) is 11.6 Å². The summed E-state index contributed by atoms with van der Waals surface area (Å²) in [5.74, 6) is 1.34. The Balaban J connectivity index is 4.23. The monoisotopic (exact) mass is 238 g/mol. The van der Waals surface area contributed by atoms with Gasteiger partial charge in [-0.3, -0.25) is 4.21 Å². The van der Waals surface area contributed by atoms with E-state index in [9.17, 15) is 4.21 Å². The molecule has 0 aromatic carbocycles. The van der Waals surface area contributed by atoms with Crippen molar-refractivity contribution in [3.05, 3.63) is 0 Å². The zero-order chi connectivity index (χ0) is 11.4. The molecule has 1 unspecified atom stereocenters. The Bertz CT molecular complexity index is 194. The van der Waals surface area contributed by atoms with Crippen molar-refractivity contribution in [2.45, 2.75) is 52.2 Å². The van der Waals surface area contributed by atoms with Crippen LogP contribution in [0.5, 0.6) is 0 Å². The molecule has 0 aliphatic rings. The fourth-order valence-corrected chi connectivity index (χ4v) is 3.66. The minimum Gasteiger partial charge on any atom is -0.259 e. The quantitative estimate of drug-likeness (QED) is 0.670. The molecule has 0 amide bonds. The van der Waals surface area contributed by atoms with Crippen LogP contribution in [0, 0.1) is 5.41 Å². The van der Waals surface area contributed by atoms with Gasteiger partial charge in [0.2, 0.25) is 0 Å². The minimum atomic E-state index is -0.761. The summed E-state index contributed by atoms with van der Waals surface area (Å²) in [6, 6.07) is 0. The molecule has 0 aromatic heterocycles. The molecule has 0 aromatic rings. The Hall–Kier alpha value is 0.440. The molecule has 0 bridgehead atoms. The SMILES string of the molecule is CC(C)(C)CC(C)(C)S(=O)CCCCl. The van der Waals surface area contributed by atoms with Crippen molar-refractivity contribution < 1.29 is 4.21 Å². The van der Waals surface area contributed by atoms with Crippen LogP contribution < -0.4 is 0 Å². The molecule has 0 spiro atoms. The molecule has 0 aliphatic heterocycles. The summed E-state index contributed by atoms with van der Waals surface area (Å²) in [5.41, 5.74) is 0.236. The maximum atomic E-state index is 12.0. The highest BCUT2D eigenvalue weighted by Gasteiger charge is 2.30. The summed E-state index contributed by atoms with van der Waals surface area (Å²) >= 11 is 5.59. The molecule has 0 N–H and O–H groups in total. The summed E-state index contributed by atoms with van der Waals surface area (Å²) in [5, 5.41) is 0. The summed E-state index contributed by atoms with van der Waals surface area (Å²) in [6.07, 6.45) is 1.83. The van der Waals surface area contributed by atoms with Crippen molar-refractivity contribution in [3.8, 4) is 0 Å². The van der Waals surface area contributed by atoms with Crippen LogP contribution in [0.1, 0.15) is 47.5 Å². The predicted molar refractivity (Wildman–Crippen MR) is 66.5 cm³/mol. The van der Waals surface area contributed by atoms with Crippen molar-refractivity contribution >= 4 is 22.4 Å². The minimum absolute atomic E-state index is 0.0929. The van der Waals surface area contributed by atoms with Crippen molar-refractivity contribution in [2.24, 2.45) is 5.41 Å². The summed E-state index contributed by atoms with van der Waals surface area (Å²) < 4.78 is 11.9. The van der Waals surface area contributed by atoms with Crippen LogP contribution in [0.25, 0.3) is 0 Å². The number of halogens is 1. The van der Waals surface area contributed by atoms with Crippen molar-refractivity contribution in [2.75, 3.05) is 11.6 Å². The third-order valence-electron chi connectivity index (χ3n) is 2.04.